The van der Waals surface area contributed by atoms with Gasteiger partial charge in [0.25, 0.3) is 0 Å². The molecule has 4 heteroatoms. The van der Waals surface area contributed by atoms with E-state index in [0.717, 1.165) is 12.1 Å². The lowest BCUT2D eigenvalue weighted by molar-refractivity contribution is -0.137. The van der Waals surface area contributed by atoms with E-state index in [1.54, 1.807) is 6.07 Å². The quantitative estimate of drug-likeness (QED) is 0.629. The number of halogens is 3. The maximum absolute atomic E-state index is 12.0. The molecule has 0 N–H and O–H groups in total. The smallest absolute Gasteiger partial charge is 0.192 e. The molecule has 0 amide bonds. The summed E-state index contributed by atoms with van der Waals surface area (Å²) in [4.78, 5) is 0. The van der Waals surface area contributed by atoms with Crippen LogP contribution in [0.25, 0.3) is 0 Å². The van der Waals surface area contributed by atoms with E-state index in [4.69, 9.17) is 5.26 Å². The average Bonchev–Trinajstić information content (AvgIpc) is 2.20. The summed E-state index contributed by atoms with van der Waals surface area (Å²) >= 11 is 0. The van der Waals surface area contributed by atoms with Gasteiger partial charge in [-0.25, -0.2) is 0 Å². The molecule has 0 heterocycles. The summed E-state index contributed by atoms with van der Waals surface area (Å²) in [5, 5.41) is 8.31. The van der Waals surface area contributed by atoms with Crippen molar-refractivity contribution in [1.29, 1.82) is 5.26 Å². The minimum atomic E-state index is -4.37. The van der Waals surface area contributed by atoms with E-state index >= 15 is 0 Å². The first-order valence-electron chi connectivity index (χ1n) is 4.11. The standard InChI is InChI=1S/C8H4F3N.C2H6/c9-8(10,11)7-3-1-2-6(4-7)5-12;1-2/h1-4H;1-2H3. The monoisotopic (exact) mass is 201 g/mol. The van der Waals surface area contributed by atoms with Crippen LogP contribution in [0.1, 0.15) is 25.0 Å². The predicted octanol–water partition coefficient (Wildman–Crippen LogP) is 3.60. The fraction of sp³-hybridized carbons (Fsp3) is 0.300. The van der Waals surface area contributed by atoms with Crippen LogP contribution in [0, 0.1) is 11.3 Å². The van der Waals surface area contributed by atoms with Gasteiger partial charge in [0.05, 0.1) is 17.2 Å². The molecule has 0 unspecified atom stereocenters. The Hall–Kier alpha value is -1.50. The fourth-order valence-electron chi connectivity index (χ4n) is 0.765. The Morgan fingerprint density at radius 2 is 1.79 bits per heavy atom. The molecule has 76 valence electrons. The highest BCUT2D eigenvalue weighted by molar-refractivity contribution is 5.33. The molecule has 0 spiro atoms. The molecule has 0 aliphatic heterocycles. The van der Waals surface area contributed by atoms with Crippen LogP contribution in [0.3, 0.4) is 0 Å². The van der Waals surface area contributed by atoms with Gasteiger partial charge in [-0.1, -0.05) is 19.9 Å². The van der Waals surface area contributed by atoms with E-state index in [0.29, 0.717) is 0 Å². The minimum absolute atomic E-state index is 0.0184. The molecule has 0 saturated heterocycles. The maximum Gasteiger partial charge on any atom is 0.416 e. The first kappa shape index (κ1) is 12.5. The van der Waals surface area contributed by atoms with Gasteiger partial charge in [-0.3, -0.25) is 0 Å². The fourth-order valence-corrected chi connectivity index (χ4v) is 0.765. The summed E-state index contributed by atoms with van der Waals surface area (Å²) < 4.78 is 36.0. The van der Waals surface area contributed by atoms with Crippen molar-refractivity contribution in [2.45, 2.75) is 20.0 Å². The van der Waals surface area contributed by atoms with Gasteiger partial charge in [0, 0.05) is 0 Å². The lowest BCUT2D eigenvalue weighted by Crippen LogP contribution is -2.04. The highest BCUT2D eigenvalue weighted by Gasteiger charge is 2.30. The lowest BCUT2D eigenvalue weighted by Gasteiger charge is -2.05. The van der Waals surface area contributed by atoms with Crippen molar-refractivity contribution in [2.24, 2.45) is 0 Å². The Balaban J connectivity index is 0.000000791. The van der Waals surface area contributed by atoms with Crippen molar-refractivity contribution >= 4 is 0 Å². The van der Waals surface area contributed by atoms with Crippen LogP contribution in [0.4, 0.5) is 13.2 Å². The molecule has 1 aromatic rings. The molecule has 0 aromatic heterocycles. The molecule has 14 heavy (non-hydrogen) atoms. The van der Waals surface area contributed by atoms with Gasteiger partial charge in [0.15, 0.2) is 0 Å². The average molecular weight is 201 g/mol. The third-order valence-corrected chi connectivity index (χ3v) is 1.32. The lowest BCUT2D eigenvalue weighted by atomic mass is 10.1. The predicted molar refractivity (Wildman–Crippen MR) is 47.5 cm³/mol. The molecule has 0 aliphatic carbocycles. The Morgan fingerprint density at radius 3 is 2.21 bits per heavy atom. The van der Waals surface area contributed by atoms with E-state index in [9.17, 15) is 13.2 Å². The van der Waals surface area contributed by atoms with Gasteiger partial charge >= 0.3 is 6.18 Å². The van der Waals surface area contributed by atoms with Crippen molar-refractivity contribution in [3.05, 3.63) is 35.4 Å². The zero-order valence-electron chi connectivity index (χ0n) is 7.89. The summed E-state index contributed by atoms with van der Waals surface area (Å²) in [5.74, 6) is 0. The molecule has 0 atom stereocenters. The molecular formula is C10H10F3N. The second-order valence-corrected chi connectivity index (χ2v) is 2.19. The van der Waals surface area contributed by atoms with Crippen LogP contribution < -0.4 is 0 Å². The molecule has 1 aromatic carbocycles. The van der Waals surface area contributed by atoms with E-state index < -0.39 is 11.7 Å². The Labute approximate surface area is 80.8 Å². The topological polar surface area (TPSA) is 23.8 Å². The molecule has 1 rings (SSSR count). The van der Waals surface area contributed by atoms with Crippen LogP contribution >= 0.6 is 0 Å². The zero-order chi connectivity index (χ0) is 11.2. The number of hydrogen-bond acceptors (Lipinski definition) is 1. The first-order chi connectivity index (χ1) is 6.54. The van der Waals surface area contributed by atoms with Crippen molar-refractivity contribution < 1.29 is 13.2 Å². The molecular weight excluding hydrogens is 191 g/mol. The van der Waals surface area contributed by atoms with E-state index in [2.05, 4.69) is 0 Å². The molecule has 1 nitrogen and oxygen atoms in total. The van der Waals surface area contributed by atoms with Crippen LogP contribution in [0.15, 0.2) is 24.3 Å². The maximum atomic E-state index is 12.0. The molecule has 0 aliphatic rings. The Morgan fingerprint density at radius 1 is 1.21 bits per heavy atom. The molecule has 0 saturated carbocycles. The van der Waals surface area contributed by atoms with E-state index in [1.807, 2.05) is 13.8 Å². The van der Waals surface area contributed by atoms with Crippen molar-refractivity contribution in [1.82, 2.24) is 0 Å². The van der Waals surface area contributed by atoms with Crippen molar-refractivity contribution in [3.8, 4) is 6.07 Å². The van der Waals surface area contributed by atoms with E-state index in [-0.39, 0.29) is 5.56 Å². The highest BCUT2D eigenvalue weighted by atomic mass is 19.4. The molecule has 0 fully saturated rings. The number of benzene rings is 1. The summed E-state index contributed by atoms with van der Waals surface area (Å²) in [6.45, 7) is 4.00. The Bertz CT molecular complexity index is 323. The van der Waals surface area contributed by atoms with Crippen LogP contribution in [0.5, 0.6) is 0 Å². The van der Waals surface area contributed by atoms with Gasteiger partial charge in [0.2, 0.25) is 0 Å². The summed E-state index contributed by atoms with van der Waals surface area (Å²) in [6, 6.07) is 5.93. The second-order valence-electron chi connectivity index (χ2n) is 2.19. The summed E-state index contributed by atoms with van der Waals surface area (Å²) in [5.41, 5.74) is -0.772. The van der Waals surface area contributed by atoms with Gasteiger partial charge in [-0.05, 0) is 18.2 Å². The van der Waals surface area contributed by atoms with Gasteiger partial charge in [0.1, 0.15) is 0 Å². The SMILES string of the molecule is CC.N#Cc1cccc(C(F)(F)F)c1. The normalized spacial score (nSPS) is 9.71. The first-order valence-corrected chi connectivity index (χ1v) is 4.11. The Kier molecular flexibility index (Phi) is 4.71. The van der Waals surface area contributed by atoms with Crippen LogP contribution in [-0.2, 0) is 6.18 Å². The van der Waals surface area contributed by atoms with Gasteiger partial charge in [-0.15, -0.1) is 0 Å². The van der Waals surface area contributed by atoms with Crippen molar-refractivity contribution in [2.75, 3.05) is 0 Å². The largest absolute Gasteiger partial charge is 0.416 e. The number of nitriles is 1. The van der Waals surface area contributed by atoms with Gasteiger partial charge in [-0.2, -0.15) is 18.4 Å². The zero-order valence-corrected chi connectivity index (χ0v) is 7.89. The summed E-state index contributed by atoms with van der Waals surface area (Å²) in [6.07, 6.45) is -4.37. The van der Waals surface area contributed by atoms with Crippen molar-refractivity contribution in [3.63, 3.8) is 0 Å². The number of rotatable bonds is 0. The van der Waals surface area contributed by atoms with Gasteiger partial charge < -0.3 is 0 Å². The third-order valence-electron chi connectivity index (χ3n) is 1.32. The van der Waals surface area contributed by atoms with E-state index in [1.165, 1.54) is 12.1 Å². The van der Waals surface area contributed by atoms with Crippen LogP contribution in [-0.4, -0.2) is 0 Å². The molecule has 0 radical (unpaired) electrons. The third kappa shape index (κ3) is 3.48. The number of alkyl halides is 3. The number of hydrogen-bond donors (Lipinski definition) is 0. The number of nitrogens with zero attached hydrogens (tertiary/aromatic N) is 1. The molecule has 0 bridgehead atoms. The van der Waals surface area contributed by atoms with Crippen LogP contribution in [0.2, 0.25) is 0 Å². The summed E-state index contributed by atoms with van der Waals surface area (Å²) in [7, 11) is 0. The highest BCUT2D eigenvalue weighted by Crippen LogP contribution is 2.29. The minimum Gasteiger partial charge on any atom is -0.192 e. The second kappa shape index (κ2) is 5.28.